The normalized spacial score (nSPS) is 12.4. The van der Waals surface area contributed by atoms with Gasteiger partial charge in [0.05, 0.1) is 34.5 Å². The minimum Gasteiger partial charge on any atom is -0.462 e. The first-order valence-corrected chi connectivity index (χ1v) is 13.0. The van der Waals surface area contributed by atoms with Crippen LogP contribution in [0, 0.1) is 23.0 Å². The first kappa shape index (κ1) is 29.5. The minimum absolute atomic E-state index is 0.208. The fraction of sp³-hybridized carbons (Fsp3) is 0.154. The number of hydrogen-bond acceptors (Lipinski definition) is 5. The number of alkyl halides is 6. The standard InChI is InChI=1S/C26H14F8N2O4S/c1-41(38,39)18-5-14(4-16(7-18)25(29,30)31)15-6-23(40-12-15)22-9-20(26(32,33)34)19(10-35)24(37)36(22)11-13-2-3-17(27)8-21(13)28/h2-9,12H,11H2,1H3. The average molecular weight is 602 g/mol. The Labute approximate surface area is 225 Å². The second kappa shape index (κ2) is 10.2. The van der Waals surface area contributed by atoms with E-state index in [4.69, 9.17) is 4.42 Å². The van der Waals surface area contributed by atoms with E-state index in [2.05, 4.69) is 0 Å². The zero-order chi connectivity index (χ0) is 30.5. The second-order valence-corrected chi connectivity index (χ2v) is 10.8. The predicted octanol–water partition coefficient (Wildman–Crippen LogP) is 6.41. The maximum atomic E-state index is 14.4. The van der Waals surface area contributed by atoms with Crippen LogP contribution in [0.2, 0.25) is 0 Å². The van der Waals surface area contributed by atoms with Gasteiger partial charge in [-0.25, -0.2) is 17.2 Å². The molecule has 214 valence electrons. The van der Waals surface area contributed by atoms with Crippen molar-refractivity contribution in [2.24, 2.45) is 0 Å². The van der Waals surface area contributed by atoms with Gasteiger partial charge in [0.2, 0.25) is 0 Å². The fourth-order valence-corrected chi connectivity index (χ4v) is 4.61. The maximum Gasteiger partial charge on any atom is 0.417 e. The number of hydrogen-bond donors (Lipinski definition) is 0. The maximum absolute atomic E-state index is 14.4. The molecular weight excluding hydrogens is 588 g/mol. The van der Waals surface area contributed by atoms with Gasteiger partial charge in [0.25, 0.3) is 5.56 Å². The first-order valence-electron chi connectivity index (χ1n) is 11.1. The summed E-state index contributed by atoms with van der Waals surface area (Å²) in [6, 6.07) is 6.59. The smallest absolute Gasteiger partial charge is 0.417 e. The van der Waals surface area contributed by atoms with Gasteiger partial charge in [-0.2, -0.15) is 31.6 Å². The van der Waals surface area contributed by atoms with E-state index in [0.29, 0.717) is 35.1 Å². The number of sulfone groups is 1. The van der Waals surface area contributed by atoms with Crippen LogP contribution in [0.4, 0.5) is 35.1 Å². The highest BCUT2D eigenvalue weighted by Crippen LogP contribution is 2.38. The van der Waals surface area contributed by atoms with Gasteiger partial charge in [-0.3, -0.25) is 9.36 Å². The highest BCUT2D eigenvalue weighted by molar-refractivity contribution is 7.90. The van der Waals surface area contributed by atoms with E-state index in [1.807, 2.05) is 0 Å². The Bertz CT molecular complexity index is 1880. The largest absolute Gasteiger partial charge is 0.462 e. The number of halogens is 8. The van der Waals surface area contributed by atoms with Gasteiger partial charge in [-0.05, 0) is 42.0 Å². The van der Waals surface area contributed by atoms with Crippen molar-refractivity contribution in [3.63, 3.8) is 0 Å². The van der Waals surface area contributed by atoms with Crippen LogP contribution in [0.1, 0.15) is 22.3 Å². The molecule has 0 aliphatic heterocycles. The highest BCUT2D eigenvalue weighted by Gasteiger charge is 2.37. The van der Waals surface area contributed by atoms with Crippen LogP contribution < -0.4 is 5.56 Å². The van der Waals surface area contributed by atoms with Gasteiger partial charge >= 0.3 is 12.4 Å². The lowest BCUT2D eigenvalue weighted by molar-refractivity contribution is -0.138. The van der Waals surface area contributed by atoms with Crippen LogP contribution in [-0.4, -0.2) is 19.2 Å². The minimum atomic E-state index is -5.21. The third-order valence-electron chi connectivity index (χ3n) is 5.91. The highest BCUT2D eigenvalue weighted by atomic mass is 32.2. The number of aromatic nitrogens is 1. The number of nitrogens with zero attached hydrogens (tertiary/aromatic N) is 2. The zero-order valence-corrected chi connectivity index (χ0v) is 21.2. The second-order valence-electron chi connectivity index (χ2n) is 8.77. The van der Waals surface area contributed by atoms with Crippen LogP contribution in [0.3, 0.4) is 0 Å². The fourth-order valence-electron chi connectivity index (χ4n) is 3.92. The molecule has 0 saturated heterocycles. The third kappa shape index (κ3) is 6.02. The Kier molecular flexibility index (Phi) is 7.34. The molecule has 2 aromatic heterocycles. The first-order chi connectivity index (χ1) is 18.9. The Morgan fingerprint density at radius 1 is 0.927 bits per heavy atom. The number of rotatable bonds is 5. The number of pyridine rings is 1. The van der Waals surface area contributed by atoms with Crippen molar-refractivity contribution in [3.8, 4) is 28.7 Å². The van der Waals surface area contributed by atoms with Crippen LogP contribution in [0.15, 0.2) is 68.9 Å². The lowest BCUT2D eigenvalue weighted by Crippen LogP contribution is -2.29. The number of nitriles is 1. The summed E-state index contributed by atoms with van der Waals surface area (Å²) in [6.07, 6.45) is -8.68. The molecule has 2 heterocycles. The molecule has 41 heavy (non-hydrogen) atoms. The van der Waals surface area contributed by atoms with Crippen molar-refractivity contribution in [2.45, 2.75) is 23.8 Å². The Morgan fingerprint density at radius 2 is 1.61 bits per heavy atom. The molecule has 0 radical (unpaired) electrons. The van der Waals surface area contributed by atoms with E-state index < -0.39 is 79.0 Å². The quantitative estimate of drug-likeness (QED) is 0.246. The van der Waals surface area contributed by atoms with E-state index in [0.717, 1.165) is 30.5 Å². The van der Waals surface area contributed by atoms with E-state index in [9.17, 15) is 53.6 Å². The summed E-state index contributed by atoms with van der Waals surface area (Å²) in [4.78, 5) is 12.3. The summed E-state index contributed by atoms with van der Waals surface area (Å²) >= 11 is 0. The van der Waals surface area contributed by atoms with Crippen molar-refractivity contribution in [3.05, 3.63) is 99.0 Å². The van der Waals surface area contributed by atoms with Gasteiger partial charge in [-0.1, -0.05) is 6.07 Å². The molecule has 0 aliphatic carbocycles. The monoisotopic (exact) mass is 602 g/mol. The Hall–Kier alpha value is -4.45. The summed E-state index contributed by atoms with van der Waals surface area (Å²) in [5.74, 6) is -2.65. The van der Waals surface area contributed by atoms with E-state index in [1.54, 1.807) is 0 Å². The topological polar surface area (TPSA) is 93.1 Å². The molecule has 0 N–H and O–H groups in total. The lowest BCUT2D eigenvalue weighted by Gasteiger charge is -2.16. The molecule has 4 rings (SSSR count). The lowest BCUT2D eigenvalue weighted by atomic mass is 10.0. The van der Waals surface area contributed by atoms with Crippen LogP contribution in [0.25, 0.3) is 22.6 Å². The van der Waals surface area contributed by atoms with Crippen molar-refractivity contribution in [1.29, 1.82) is 5.26 Å². The molecule has 6 nitrogen and oxygen atoms in total. The van der Waals surface area contributed by atoms with E-state index >= 15 is 0 Å². The number of benzene rings is 2. The molecule has 0 atom stereocenters. The van der Waals surface area contributed by atoms with Crippen LogP contribution in [0.5, 0.6) is 0 Å². The third-order valence-corrected chi connectivity index (χ3v) is 7.00. The van der Waals surface area contributed by atoms with E-state index in [-0.39, 0.29) is 16.7 Å². The van der Waals surface area contributed by atoms with Crippen molar-refractivity contribution < 1.29 is 48.0 Å². The predicted molar refractivity (Wildman–Crippen MR) is 127 cm³/mol. The van der Waals surface area contributed by atoms with Gasteiger partial charge in [-0.15, -0.1) is 0 Å². The summed E-state index contributed by atoms with van der Waals surface area (Å²) in [6.45, 7) is -0.787. The van der Waals surface area contributed by atoms with Crippen molar-refractivity contribution in [2.75, 3.05) is 6.26 Å². The molecular formula is C26H14F8N2O4S. The summed E-state index contributed by atoms with van der Waals surface area (Å²) < 4.78 is 139. The van der Waals surface area contributed by atoms with Gasteiger partial charge in [0.15, 0.2) is 15.6 Å². The zero-order valence-electron chi connectivity index (χ0n) is 20.4. The molecule has 0 amide bonds. The average Bonchev–Trinajstić information content (AvgIpc) is 3.34. The molecule has 0 saturated carbocycles. The van der Waals surface area contributed by atoms with Crippen LogP contribution >= 0.6 is 0 Å². The Balaban J connectivity index is 1.97. The summed E-state index contributed by atoms with van der Waals surface area (Å²) in [5, 5.41) is 9.29. The number of furan rings is 1. The summed E-state index contributed by atoms with van der Waals surface area (Å²) in [7, 11) is -4.14. The molecule has 4 aromatic rings. The van der Waals surface area contributed by atoms with Gasteiger partial charge in [0.1, 0.15) is 23.3 Å². The van der Waals surface area contributed by atoms with Crippen LogP contribution in [-0.2, 0) is 28.7 Å². The molecule has 0 spiro atoms. The SMILES string of the molecule is CS(=O)(=O)c1cc(-c2coc(-c3cc(C(F)(F)F)c(C#N)c(=O)n3Cc3ccc(F)cc3F)c2)cc(C(F)(F)F)c1. The van der Waals surface area contributed by atoms with Crippen molar-refractivity contribution in [1.82, 2.24) is 4.57 Å². The van der Waals surface area contributed by atoms with E-state index in [1.165, 1.54) is 6.07 Å². The van der Waals surface area contributed by atoms with Gasteiger partial charge < -0.3 is 4.42 Å². The molecule has 0 aliphatic rings. The molecule has 0 fully saturated rings. The summed E-state index contributed by atoms with van der Waals surface area (Å²) in [5.41, 5.74) is -7.36. The van der Waals surface area contributed by atoms with Gasteiger partial charge in [0, 0.05) is 23.4 Å². The molecule has 2 aromatic carbocycles. The molecule has 0 unspecified atom stereocenters. The Morgan fingerprint density at radius 3 is 2.17 bits per heavy atom. The van der Waals surface area contributed by atoms with Crippen molar-refractivity contribution >= 4 is 9.84 Å². The molecule has 15 heteroatoms. The molecule has 0 bridgehead atoms.